The molecule has 0 amide bonds. The van der Waals surface area contributed by atoms with Crippen LogP contribution >= 0.6 is 11.6 Å². The van der Waals surface area contributed by atoms with Crippen molar-refractivity contribution >= 4 is 11.6 Å². The van der Waals surface area contributed by atoms with Crippen LogP contribution in [0.15, 0.2) is 18.2 Å². The first-order valence-corrected chi connectivity index (χ1v) is 7.13. The van der Waals surface area contributed by atoms with Crippen LogP contribution in [-0.2, 0) is 10.3 Å². The van der Waals surface area contributed by atoms with Crippen LogP contribution in [0.2, 0.25) is 0 Å². The lowest BCUT2D eigenvalue weighted by molar-refractivity contribution is 0.185. The molecule has 0 spiro atoms. The number of ether oxygens (including phenoxy) is 3. The normalized spacial score (nSPS) is 21.4. The number of halogens is 1. The van der Waals surface area contributed by atoms with E-state index in [0.29, 0.717) is 43.6 Å². The van der Waals surface area contributed by atoms with Gasteiger partial charge in [0.25, 0.3) is 5.54 Å². The van der Waals surface area contributed by atoms with E-state index in [0.717, 1.165) is 12.0 Å². The molecular formula is C15H18ClNO3. The topological polar surface area (TPSA) is 32.0 Å². The highest BCUT2D eigenvalue weighted by Gasteiger charge is 2.43. The van der Waals surface area contributed by atoms with Gasteiger partial charge in [-0.15, -0.1) is 11.6 Å². The van der Waals surface area contributed by atoms with Crippen molar-refractivity contribution < 1.29 is 14.2 Å². The summed E-state index contributed by atoms with van der Waals surface area (Å²) < 4.78 is 16.4. The molecule has 1 atom stereocenters. The van der Waals surface area contributed by atoms with Gasteiger partial charge in [0.05, 0.1) is 26.7 Å². The fourth-order valence-corrected chi connectivity index (χ4v) is 2.36. The van der Waals surface area contributed by atoms with Crippen LogP contribution in [-0.4, -0.2) is 32.8 Å². The molecule has 1 aromatic rings. The Labute approximate surface area is 124 Å². The first kappa shape index (κ1) is 15.0. The summed E-state index contributed by atoms with van der Waals surface area (Å²) >= 11 is 5.63. The van der Waals surface area contributed by atoms with Crippen LogP contribution in [0.4, 0.5) is 0 Å². The third-order valence-electron chi connectivity index (χ3n) is 3.45. The summed E-state index contributed by atoms with van der Waals surface area (Å²) in [5, 5.41) is 0. The molecule has 5 heteroatoms. The van der Waals surface area contributed by atoms with Crippen molar-refractivity contribution in [1.82, 2.24) is 0 Å². The highest BCUT2D eigenvalue weighted by atomic mass is 35.5. The first-order chi connectivity index (χ1) is 9.75. The monoisotopic (exact) mass is 295 g/mol. The minimum Gasteiger partial charge on any atom is -0.493 e. The van der Waals surface area contributed by atoms with Crippen LogP contribution in [0.3, 0.4) is 0 Å². The summed E-state index contributed by atoms with van der Waals surface area (Å²) in [5.74, 6) is 1.89. The van der Waals surface area contributed by atoms with Crippen molar-refractivity contribution in [3.8, 4) is 11.5 Å². The second-order valence-corrected chi connectivity index (χ2v) is 5.08. The van der Waals surface area contributed by atoms with Crippen molar-refractivity contribution in [2.45, 2.75) is 18.4 Å². The van der Waals surface area contributed by atoms with Crippen molar-refractivity contribution in [2.24, 2.45) is 0 Å². The summed E-state index contributed by atoms with van der Waals surface area (Å²) in [6, 6.07) is 5.65. The molecule has 1 saturated heterocycles. The number of hydrogen-bond acceptors (Lipinski definition) is 3. The Morgan fingerprint density at radius 1 is 1.45 bits per heavy atom. The quantitative estimate of drug-likeness (QED) is 0.459. The minimum atomic E-state index is -0.581. The lowest BCUT2D eigenvalue weighted by Gasteiger charge is -2.17. The SMILES string of the molecule is [C-]#[N+]C1(c2ccc(OCCCCl)c(OC)c2)CCOC1. The Morgan fingerprint density at radius 3 is 2.90 bits per heavy atom. The average molecular weight is 296 g/mol. The van der Waals surface area contributed by atoms with Gasteiger partial charge >= 0.3 is 0 Å². The maximum Gasteiger partial charge on any atom is 0.282 e. The Bertz CT molecular complexity index is 492. The molecule has 1 aliphatic heterocycles. The van der Waals surface area contributed by atoms with Gasteiger partial charge in [-0.1, -0.05) is 0 Å². The van der Waals surface area contributed by atoms with Gasteiger partial charge in [0, 0.05) is 11.4 Å². The third-order valence-corrected chi connectivity index (χ3v) is 3.72. The largest absolute Gasteiger partial charge is 0.493 e. The van der Waals surface area contributed by atoms with E-state index < -0.39 is 5.54 Å². The Kier molecular flexibility index (Phi) is 5.11. The van der Waals surface area contributed by atoms with E-state index >= 15 is 0 Å². The third kappa shape index (κ3) is 3.00. The van der Waals surface area contributed by atoms with Gasteiger partial charge in [-0.2, -0.15) is 0 Å². The number of nitrogens with zero attached hydrogens (tertiary/aromatic N) is 1. The van der Waals surface area contributed by atoms with E-state index in [-0.39, 0.29) is 0 Å². The smallest absolute Gasteiger partial charge is 0.282 e. The number of rotatable bonds is 6. The van der Waals surface area contributed by atoms with Crippen LogP contribution in [0.25, 0.3) is 4.85 Å². The maximum atomic E-state index is 7.46. The molecule has 4 nitrogen and oxygen atoms in total. The number of benzene rings is 1. The maximum absolute atomic E-state index is 7.46. The predicted octanol–water partition coefficient (Wildman–Crippen LogP) is 3.24. The summed E-state index contributed by atoms with van der Waals surface area (Å²) in [6.07, 6.45) is 1.50. The minimum absolute atomic E-state index is 0.437. The van der Waals surface area contributed by atoms with Gasteiger partial charge in [-0.25, -0.2) is 6.57 Å². The lowest BCUT2D eigenvalue weighted by atomic mass is 9.90. The summed E-state index contributed by atoms with van der Waals surface area (Å²) in [5.41, 5.74) is 0.341. The molecule has 0 radical (unpaired) electrons. The molecular weight excluding hydrogens is 278 g/mol. The number of alkyl halides is 1. The van der Waals surface area contributed by atoms with Crippen LogP contribution in [0, 0.1) is 6.57 Å². The van der Waals surface area contributed by atoms with E-state index in [4.69, 9.17) is 32.4 Å². The van der Waals surface area contributed by atoms with E-state index in [1.165, 1.54) is 0 Å². The van der Waals surface area contributed by atoms with Crippen LogP contribution in [0.1, 0.15) is 18.4 Å². The molecule has 1 heterocycles. The molecule has 0 saturated carbocycles. The Balaban J connectivity index is 2.22. The molecule has 1 aromatic carbocycles. The van der Waals surface area contributed by atoms with E-state index in [1.807, 2.05) is 18.2 Å². The lowest BCUT2D eigenvalue weighted by Crippen LogP contribution is -2.21. The van der Waals surface area contributed by atoms with Crippen LogP contribution in [0.5, 0.6) is 11.5 Å². The zero-order valence-electron chi connectivity index (χ0n) is 11.5. The zero-order chi connectivity index (χ0) is 14.4. The van der Waals surface area contributed by atoms with Gasteiger partial charge in [0.1, 0.15) is 6.61 Å². The molecule has 2 rings (SSSR count). The zero-order valence-corrected chi connectivity index (χ0v) is 12.3. The van der Waals surface area contributed by atoms with E-state index in [2.05, 4.69) is 4.85 Å². The van der Waals surface area contributed by atoms with Gasteiger partial charge in [0.2, 0.25) is 0 Å². The highest BCUT2D eigenvalue weighted by Crippen LogP contribution is 2.39. The molecule has 108 valence electrons. The molecule has 0 aromatic heterocycles. The first-order valence-electron chi connectivity index (χ1n) is 6.59. The van der Waals surface area contributed by atoms with E-state index in [9.17, 15) is 0 Å². The summed E-state index contributed by atoms with van der Waals surface area (Å²) in [4.78, 5) is 3.78. The molecule has 0 N–H and O–H groups in total. The predicted molar refractivity (Wildman–Crippen MR) is 77.5 cm³/mol. The van der Waals surface area contributed by atoms with Gasteiger partial charge in [0.15, 0.2) is 11.5 Å². The molecule has 1 fully saturated rings. The average Bonchev–Trinajstić information content (AvgIpc) is 2.98. The fraction of sp³-hybridized carbons (Fsp3) is 0.533. The Hall–Kier alpha value is -1.44. The molecule has 0 bridgehead atoms. The van der Waals surface area contributed by atoms with Crippen molar-refractivity contribution in [3.63, 3.8) is 0 Å². The second-order valence-electron chi connectivity index (χ2n) is 4.70. The van der Waals surface area contributed by atoms with Crippen molar-refractivity contribution in [3.05, 3.63) is 35.2 Å². The van der Waals surface area contributed by atoms with Crippen LogP contribution < -0.4 is 9.47 Å². The standard InChI is InChI=1S/C15H18ClNO3/c1-17-15(6-9-19-11-15)12-4-5-13(14(10-12)18-2)20-8-3-7-16/h4-5,10H,3,6-9,11H2,2H3. The summed E-state index contributed by atoms with van der Waals surface area (Å²) in [7, 11) is 1.60. The molecule has 20 heavy (non-hydrogen) atoms. The van der Waals surface area contributed by atoms with E-state index in [1.54, 1.807) is 7.11 Å². The van der Waals surface area contributed by atoms with Crippen molar-refractivity contribution in [1.29, 1.82) is 0 Å². The Morgan fingerprint density at radius 2 is 2.30 bits per heavy atom. The number of hydrogen-bond donors (Lipinski definition) is 0. The highest BCUT2D eigenvalue weighted by molar-refractivity contribution is 6.17. The molecule has 1 aliphatic rings. The van der Waals surface area contributed by atoms with Gasteiger partial charge < -0.3 is 19.1 Å². The van der Waals surface area contributed by atoms with Crippen molar-refractivity contribution in [2.75, 3.05) is 32.8 Å². The summed E-state index contributed by atoms with van der Waals surface area (Å²) in [6.45, 7) is 9.07. The fourth-order valence-electron chi connectivity index (χ4n) is 2.25. The number of methoxy groups -OCH3 is 1. The molecule has 0 aliphatic carbocycles. The van der Waals surface area contributed by atoms with Gasteiger partial charge in [-0.3, -0.25) is 0 Å². The van der Waals surface area contributed by atoms with Gasteiger partial charge in [-0.05, 0) is 24.6 Å². The molecule has 1 unspecified atom stereocenters. The second kappa shape index (κ2) is 6.83.